The summed E-state index contributed by atoms with van der Waals surface area (Å²) in [6.45, 7) is 16.4. The largest absolute Gasteiger partial charge is 0.313 e. The smallest absolute Gasteiger partial charge is 0.0204 e. The zero-order valence-electron chi connectivity index (χ0n) is 12.0. The lowest BCUT2D eigenvalue weighted by Gasteiger charge is -2.42. The van der Waals surface area contributed by atoms with E-state index in [1.165, 1.54) is 12.0 Å². The minimum absolute atomic E-state index is 0.648. The highest BCUT2D eigenvalue weighted by atomic mass is 15.3. The highest BCUT2D eigenvalue weighted by Gasteiger charge is 2.26. The molecule has 1 aliphatic rings. The monoisotopic (exact) mass is 239 g/mol. The molecule has 3 nitrogen and oxygen atoms in total. The van der Waals surface area contributed by atoms with Crippen LogP contribution < -0.4 is 5.32 Å². The van der Waals surface area contributed by atoms with Crippen LogP contribution in [0.4, 0.5) is 0 Å². The summed E-state index contributed by atoms with van der Waals surface area (Å²) in [7, 11) is 2.23. The highest BCUT2D eigenvalue weighted by Crippen LogP contribution is 2.13. The molecule has 2 atom stereocenters. The third-order valence-electron chi connectivity index (χ3n) is 3.68. The van der Waals surface area contributed by atoms with Gasteiger partial charge in [-0.2, -0.15) is 0 Å². The maximum absolute atomic E-state index is 4.17. The molecule has 1 heterocycles. The Bertz CT molecular complexity index is 228. The number of likely N-dealkylation sites (N-methyl/N-ethyl adjacent to an activating group) is 1. The average molecular weight is 239 g/mol. The van der Waals surface area contributed by atoms with Crippen LogP contribution in [-0.4, -0.2) is 61.7 Å². The van der Waals surface area contributed by atoms with Crippen molar-refractivity contribution in [2.24, 2.45) is 0 Å². The number of nitrogens with zero attached hydrogens (tertiary/aromatic N) is 2. The third-order valence-corrected chi connectivity index (χ3v) is 3.68. The van der Waals surface area contributed by atoms with Crippen LogP contribution in [-0.2, 0) is 0 Å². The van der Waals surface area contributed by atoms with Crippen molar-refractivity contribution in [3.05, 3.63) is 12.2 Å². The fourth-order valence-corrected chi connectivity index (χ4v) is 2.46. The molecule has 1 rings (SSSR count). The Labute approximate surface area is 107 Å². The van der Waals surface area contributed by atoms with Crippen molar-refractivity contribution in [2.75, 3.05) is 39.8 Å². The maximum Gasteiger partial charge on any atom is 0.0204 e. The predicted octanol–water partition coefficient (Wildman–Crippen LogP) is 1.57. The fraction of sp³-hybridized carbons (Fsp3) is 0.857. The number of hydrogen-bond acceptors (Lipinski definition) is 3. The second-order valence-electron chi connectivity index (χ2n) is 5.48. The molecule has 17 heavy (non-hydrogen) atoms. The van der Waals surface area contributed by atoms with Crippen molar-refractivity contribution in [3.8, 4) is 0 Å². The van der Waals surface area contributed by atoms with Crippen LogP contribution in [0.15, 0.2) is 12.2 Å². The van der Waals surface area contributed by atoms with Crippen LogP contribution in [0.1, 0.15) is 27.2 Å². The van der Waals surface area contributed by atoms with E-state index in [0.717, 1.165) is 32.7 Å². The first-order chi connectivity index (χ1) is 8.04. The summed E-state index contributed by atoms with van der Waals surface area (Å²) in [4.78, 5) is 5.00. The van der Waals surface area contributed by atoms with E-state index in [-0.39, 0.29) is 0 Å². The van der Waals surface area contributed by atoms with Crippen LogP contribution >= 0.6 is 0 Å². The molecule has 0 bridgehead atoms. The summed E-state index contributed by atoms with van der Waals surface area (Å²) in [5.74, 6) is 0. The Balaban J connectivity index is 2.29. The Morgan fingerprint density at radius 2 is 1.88 bits per heavy atom. The molecule has 0 aromatic heterocycles. The summed E-state index contributed by atoms with van der Waals surface area (Å²) in [5, 5.41) is 3.42. The second kappa shape index (κ2) is 7.14. The minimum atomic E-state index is 0.648. The molecule has 2 unspecified atom stereocenters. The molecule has 1 fully saturated rings. The first-order valence-electron chi connectivity index (χ1n) is 6.86. The zero-order valence-corrected chi connectivity index (χ0v) is 12.0. The van der Waals surface area contributed by atoms with Crippen molar-refractivity contribution in [3.63, 3.8) is 0 Å². The van der Waals surface area contributed by atoms with Crippen LogP contribution in [0.25, 0.3) is 0 Å². The molecule has 3 heteroatoms. The van der Waals surface area contributed by atoms with Gasteiger partial charge in [0.05, 0.1) is 0 Å². The lowest BCUT2D eigenvalue weighted by Crippen LogP contribution is -2.55. The van der Waals surface area contributed by atoms with Gasteiger partial charge in [0, 0.05) is 38.3 Å². The van der Waals surface area contributed by atoms with Crippen molar-refractivity contribution >= 4 is 0 Å². The predicted molar refractivity (Wildman–Crippen MR) is 75.4 cm³/mol. The van der Waals surface area contributed by atoms with Gasteiger partial charge in [0.25, 0.3) is 0 Å². The molecule has 100 valence electrons. The van der Waals surface area contributed by atoms with E-state index in [1.807, 2.05) is 0 Å². The second-order valence-corrected chi connectivity index (χ2v) is 5.48. The molecule has 1 N–H and O–H groups in total. The first kappa shape index (κ1) is 14.7. The van der Waals surface area contributed by atoms with E-state index in [1.54, 1.807) is 0 Å². The molecule has 1 saturated heterocycles. The lowest BCUT2D eigenvalue weighted by atomic mass is 10.1. The van der Waals surface area contributed by atoms with E-state index >= 15 is 0 Å². The maximum atomic E-state index is 4.17. The number of piperazine rings is 1. The van der Waals surface area contributed by atoms with E-state index in [2.05, 4.69) is 49.5 Å². The Hall–Kier alpha value is -0.380. The van der Waals surface area contributed by atoms with Gasteiger partial charge in [0.15, 0.2) is 0 Å². The van der Waals surface area contributed by atoms with Crippen LogP contribution in [0.5, 0.6) is 0 Å². The molecule has 0 aliphatic carbocycles. The molecule has 0 radical (unpaired) electrons. The fourth-order valence-electron chi connectivity index (χ4n) is 2.46. The van der Waals surface area contributed by atoms with Crippen molar-refractivity contribution in [2.45, 2.75) is 39.3 Å². The molecule has 1 aliphatic heterocycles. The van der Waals surface area contributed by atoms with Gasteiger partial charge in [-0.3, -0.25) is 9.80 Å². The van der Waals surface area contributed by atoms with Gasteiger partial charge in [-0.1, -0.05) is 13.5 Å². The minimum Gasteiger partial charge on any atom is -0.313 e. The number of rotatable bonds is 6. The van der Waals surface area contributed by atoms with Gasteiger partial charge in [0.1, 0.15) is 0 Å². The number of nitrogens with one attached hydrogen (secondary N) is 1. The van der Waals surface area contributed by atoms with Crippen molar-refractivity contribution in [1.82, 2.24) is 15.1 Å². The summed E-state index contributed by atoms with van der Waals surface area (Å²) >= 11 is 0. The van der Waals surface area contributed by atoms with Gasteiger partial charge < -0.3 is 5.32 Å². The van der Waals surface area contributed by atoms with Gasteiger partial charge in [-0.25, -0.2) is 0 Å². The molecule has 0 spiro atoms. The van der Waals surface area contributed by atoms with Gasteiger partial charge in [-0.05, 0) is 39.4 Å². The first-order valence-corrected chi connectivity index (χ1v) is 6.86. The van der Waals surface area contributed by atoms with Crippen LogP contribution in [0.3, 0.4) is 0 Å². The Kier molecular flexibility index (Phi) is 6.17. The Morgan fingerprint density at radius 3 is 2.41 bits per heavy atom. The quantitative estimate of drug-likeness (QED) is 0.561. The summed E-state index contributed by atoms with van der Waals surface area (Å²) in [6.07, 6.45) is 1.19. The molecular formula is C14H29N3. The van der Waals surface area contributed by atoms with Crippen LogP contribution in [0, 0.1) is 0 Å². The highest BCUT2D eigenvalue weighted by molar-refractivity contribution is 5.01. The third kappa shape index (κ3) is 4.78. The summed E-state index contributed by atoms with van der Waals surface area (Å²) in [5.41, 5.74) is 1.31. The molecule has 0 aromatic rings. The normalized spacial score (nSPS) is 27.3. The van der Waals surface area contributed by atoms with Crippen molar-refractivity contribution in [1.29, 1.82) is 0 Å². The molecule has 0 saturated carbocycles. The summed E-state index contributed by atoms with van der Waals surface area (Å²) < 4.78 is 0. The SMILES string of the molecule is C=C(CNCCC)CN1CC(C)N(C)C(C)C1. The van der Waals surface area contributed by atoms with Gasteiger partial charge in [-0.15, -0.1) is 0 Å². The zero-order chi connectivity index (χ0) is 12.8. The number of hydrogen-bond donors (Lipinski definition) is 1. The lowest BCUT2D eigenvalue weighted by molar-refractivity contribution is 0.0656. The standard InChI is InChI=1S/C14H29N3/c1-6-7-15-8-12(2)9-17-10-13(3)16(5)14(4)11-17/h13-15H,2,6-11H2,1,3-5H3. The van der Waals surface area contributed by atoms with Crippen molar-refractivity contribution < 1.29 is 0 Å². The topological polar surface area (TPSA) is 18.5 Å². The van der Waals surface area contributed by atoms with E-state index in [9.17, 15) is 0 Å². The average Bonchev–Trinajstić information content (AvgIpc) is 2.26. The molecular weight excluding hydrogens is 210 g/mol. The van der Waals surface area contributed by atoms with Gasteiger partial charge in [0.2, 0.25) is 0 Å². The van der Waals surface area contributed by atoms with E-state index < -0.39 is 0 Å². The molecule has 0 amide bonds. The van der Waals surface area contributed by atoms with Crippen LogP contribution in [0.2, 0.25) is 0 Å². The Morgan fingerprint density at radius 1 is 1.29 bits per heavy atom. The molecule has 0 aromatic carbocycles. The van der Waals surface area contributed by atoms with E-state index in [0.29, 0.717) is 12.1 Å². The van der Waals surface area contributed by atoms with E-state index in [4.69, 9.17) is 0 Å². The van der Waals surface area contributed by atoms with Gasteiger partial charge >= 0.3 is 0 Å². The summed E-state index contributed by atoms with van der Waals surface area (Å²) in [6, 6.07) is 1.30.